The Kier molecular flexibility index (Phi) is 4.82. The van der Waals surface area contributed by atoms with E-state index in [4.69, 9.17) is 10.5 Å². The van der Waals surface area contributed by atoms with E-state index in [0.717, 1.165) is 0 Å². The van der Waals surface area contributed by atoms with Gasteiger partial charge >= 0.3 is 0 Å². The van der Waals surface area contributed by atoms with Gasteiger partial charge in [0, 0.05) is 23.8 Å². The Morgan fingerprint density at radius 1 is 1.32 bits per heavy atom. The van der Waals surface area contributed by atoms with Gasteiger partial charge in [0.15, 0.2) is 5.17 Å². The highest BCUT2D eigenvalue weighted by molar-refractivity contribution is 8.13. The Hall–Kier alpha value is -2.49. The van der Waals surface area contributed by atoms with Crippen molar-refractivity contribution in [2.75, 3.05) is 30.9 Å². The Morgan fingerprint density at radius 2 is 2.11 bits per heavy atom. The molecular formula is C18H18F3N5OS. The van der Waals surface area contributed by atoms with Crippen molar-refractivity contribution in [1.82, 2.24) is 9.97 Å². The van der Waals surface area contributed by atoms with Gasteiger partial charge in [0.05, 0.1) is 13.7 Å². The summed E-state index contributed by atoms with van der Waals surface area (Å²) < 4.78 is 46.9. The third-order valence-corrected chi connectivity index (χ3v) is 6.07. The number of alkyl halides is 1. The van der Waals surface area contributed by atoms with Crippen LogP contribution in [0.4, 0.5) is 19.1 Å². The minimum absolute atomic E-state index is 0.0739. The van der Waals surface area contributed by atoms with E-state index in [1.807, 2.05) is 0 Å². The van der Waals surface area contributed by atoms with Crippen molar-refractivity contribution in [3.05, 3.63) is 47.2 Å². The molecule has 10 heteroatoms. The maximum Gasteiger partial charge on any atom is 0.255 e. The van der Waals surface area contributed by atoms with Crippen LogP contribution in [-0.2, 0) is 12.2 Å². The lowest BCUT2D eigenvalue weighted by atomic mass is 9.81. The SMILES string of the molecule is COc1nc(N2CC3CSC(N)=NC3(c3ccccc3F)C2)nc(CF)c1F. The second-order valence-corrected chi connectivity index (χ2v) is 7.71. The molecule has 2 unspecified atom stereocenters. The zero-order chi connectivity index (χ0) is 19.9. The van der Waals surface area contributed by atoms with Crippen LogP contribution in [0, 0.1) is 17.6 Å². The molecular weight excluding hydrogens is 391 g/mol. The second-order valence-electron chi connectivity index (χ2n) is 6.67. The molecule has 1 saturated heterocycles. The molecule has 2 aromatic rings. The maximum atomic E-state index is 14.7. The predicted octanol–water partition coefficient (Wildman–Crippen LogP) is 2.63. The first-order chi connectivity index (χ1) is 13.5. The van der Waals surface area contributed by atoms with E-state index < -0.39 is 18.0 Å². The van der Waals surface area contributed by atoms with Crippen molar-refractivity contribution in [2.45, 2.75) is 12.2 Å². The number of benzene rings is 1. The number of fused-ring (bicyclic) bond motifs is 1. The molecule has 0 aliphatic carbocycles. The highest BCUT2D eigenvalue weighted by Gasteiger charge is 2.52. The molecule has 0 saturated carbocycles. The molecule has 2 atom stereocenters. The minimum Gasteiger partial charge on any atom is -0.479 e. The first-order valence-electron chi connectivity index (χ1n) is 8.63. The van der Waals surface area contributed by atoms with Crippen LogP contribution in [0.15, 0.2) is 29.3 Å². The molecule has 3 heterocycles. The van der Waals surface area contributed by atoms with E-state index in [1.54, 1.807) is 23.1 Å². The number of thioether (sulfide) groups is 1. The lowest BCUT2D eigenvalue weighted by Gasteiger charge is -2.34. The summed E-state index contributed by atoms with van der Waals surface area (Å²) >= 11 is 1.40. The summed E-state index contributed by atoms with van der Waals surface area (Å²) in [7, 11) is 1.25. The molecule has 1 aromatic carbocycles. The first-order valence-corrected chi connectivity index (χ1v) is 9.61. The van der Waals surface area contributed by atoms with Gasteiger partial charge in [-0.15, -0.1) is 0 Å². The number of methoxy groups -OCH3 is 1. The van der Waals surface area contributed by atoms with Crippen molar-refractivity contribution in [2.24, 2.45) is 16.6 Å². The van der Waals surface area contributed by atoms with Crippen molar-refractivity contribution >= 4 is 22.9 Å². The molecule has 2 aliphatic rings. The van der Waals surface area contributed by atoms with E-state index in [-0.39, 0.29) is 35.8 Å². The summed E-state index contributed by atoms with van der Waals surface area (Å²) in [5.74, 6) is -0.948. The largest absolute Gasteiger partial charge is 0.479 e. The molecule has 4 rings (SSSR count). The van der Waals surface area contributed by atoms with Crippen LogP contribution in [0.3, 0.4) is 0 Å². The molecule has 0 radical (unpaired) electrons. The number of nitrogens with two attached hydrogens (primary N) is 1. The van der Waals surface area contributed by atoms with Crippen LogP contribution >= 0.6 is 11.8 Å². The topological polar surface area (TPSA) is 76.6 Å². The van der Waals surface area contributed by atoms with Gasteiger partial charge in [-0.1, -0.05) is 30.0 Å². The predicted molar refractivity (Wildman–Crippen MR) is 101 cm³/mol. The van der Waals surface area contributed by atoms with Gasteiger partial charge < -0.3 is 15.4 Å². The third kappa shape index (κ3) is 2.95. The quantitative estimate of drug-likeness (QED) is 0.837. The summed E-state index contributed by atoms with van der Waals surface area (Å²) in [6.45, 7) is -0.409. The number of amidine groups is 1. The molecule has 0 bridgehead atoms. The van der Waals surface area contributed by atoms with Crippen LogP contribution in [0.1, 0.15) is 11.3 Å². The second kappa shape index (κ2) is 7.16. The van der Waals surface area contributed by atoms with Crippen molar-refractivity contribution < 1.29 is 17.9 Å². The molecule has 1 aromatic heterocycles. The van der Waals surface area contributed by atoms with E-state index in [9.17, 15) is 13.2 Å². The fourth-order valence-electron chi connectivity index (χ4n) is 3.79. The molecule has 0 spiro atoms. The molecule has 148 valence electrons. The molecule has 0 amide bonds. The Labute approximate surface area is 164 Å². The van der Waals surface area contributed by atoms with Crippen LogP contribution in [0.5, 0.6) is 5.88 Å². The molecule has 28 heavy (non-hydrogen) atoms. The Balaban J connectivity index is 1.79. The van der Waals surface area contributed by atoms with Crippen molar-refractivity contribution in [1.29, 1.82) is 0 Å². The van der Waals surface area contributed by atoms with Gasteiger partial charge in [0.25, 0.3) is 5.88 Å². The smallest absolute Gasteiger partial charge is 0.255 e. The fourth-order valence-corrected chi connectivity index (χ4v) is 4.77. The molecule has 2 N–H and O–H groups in total. The van der Waals surface area contributed by atoms with E-state index in [1.165, 1.54) is 24.9 Å². The monoisotopic (exact) mass is 409 g/mol. The van der Waals surface area contributed by atoms with Gasteiger partial charge in [0.2, 0.25) is 11.8 Å². The maximum absolute atomic E-state index is 14.7. The number of ether oxygens (including phenoxy) is 1. The zero-order valence-corrected chi connectivity index (χ0v) is 15.8. The number of anilines is 1. The first kappa shape index (κ1) is 18.9. The number of hydrogen-bond acceptors (Lipinski definition) is 7. The fraction of sp³-hybridized carbons (Fsp3) is 0.389. The lowest BCUT2D eigenvalue weighted by Crippen LogP contribution is -2.40. The van der Waals surface area contributed by atoms with Gasteiger partial charge in [-0.05, 0) is 6.07 Å². The normalized spacial score (nSPS) is 24.1. The average Bonchev–Trinajstić information content (AvgIpc) is 3.08. The summed E-state index contributed by atoms with van der Waals surface area (Å²) in [5, 5.41) is 0.378. The van der Waals surface area contributed by atoms with Crippen molar-refractivity contribution in [3.8, 4) is 5.88 Å². The molecule has 2 aliphatic heterocycles. The number of rotatable bonds is 4. The van der Waals surface area contributed by atoms with Crippen molar-refractivity contribution in [3.63, 3.8) is 0 Å². The van der Waals surface area contributed by atoms with Crippen LogP contribution < -0.4 is 15.4 Å². The summed E-state index contributed by atoms with van der Waals surface area (Å²) in [6, 6.07) is 6.44. The van der Waals surface area contributed by atoms with Crippen LogP contribution in [0.25, 0.3) is 0 Å². The highest BCUT2D eigenvalue weighted by Crippen LogP contribution is 2.47. The number of halogens is 3. The van der Waals surface area contributed by atoms with Gasteiger partial charge in [-0.2, -0.15) is 9.37 Å². The zero-order valence-electron chi connectivity index (χ0n) is 15.0. The number of aromatic nitrogens is 2. The van der Waals surface area contributed by atoms with Gasteiger partial charge in [-0.25, -0.2) is 18.8 Å². The van der Waals surface area contributed by atoms with Crippen LogP contribution in [-0.4, -0.2) is 41.1 Å². The highest BCUT2D eigenvalue weighted by atomic mass is 32.2. The number of hydrogen-bond donors (Lipinski definition) is 1. The van der Waals surface area contributed by atoms with Crippen LogP contribution in [0.2, 0.25) is 0 Å². The lowest BCUT2D eigenvalue weighted by molar-refractivity contribution is 0.356. The third-order valence-electron chi connectivity index (χ3n) is 5.11. The molecule has 6 nitrogen and oxygen atoms in total. The van der Waals surface area contributed by atoms with E-state index >= 15 is 0 Å². The molecule has 1 fully saturated rings. The number of aliphatic imine (C=N–C) groups is 1. The standard InChI is InChI=1S/C18H18F3N5OS/c1-27-15-14(21)13(6-19)23-17(24-15)26-7-10-8-28-16(22)25-18(10,9-26)11-4-2-3-5-12(11)20/h2-5,10H,6-9H2,1H3,(H2,22,25). The van der Waals surface area contributed by atoms with E-state index in [0.29, 0.717) is 23.0 Å². The summed E-state index contributed by atoms with van der Waals surface area (Å²) in [6.07, 6.45) is 0. The minimum atomic E-state index is -1.09. The number of nitrogens with zero attached hydrogens (tertiary/aromatic N) is 4. The summed E-state index contributed by atoms with van der Waals surface area (Å²) in [4.78, 5) is 14.5. The van der Waals surface area contributed by atoms with Gasteiger partial charge in [0.1, 0.15) is 23.7 Å². The Bertz CT molecular complexity index is 918. The van der Waals surface area contributed by atoms with E-state index in [2.05, 4.69) is 15.0 Å². The summed E-state index contributed by atoms with van der Waals surface area (Å²) in [5.41, 5.74) is 5.12. The van der Waals surface area contributed by atoms with Gasteiger partial charge in [-0.3, -0.25) is 0 Å². The Morgan fingerprint density at radius 3 is 2.82 bits per heavy atom. The average molecular weight is 409 g/mol.